The molecule has 0 spiro atoms. The van der Waals surface area contributed by atoms with Crippen LogP contribution in [0, 0.1) is 12.3 Å². The Morgan fingerprint density at radius 2 is 1.55 bits per heavy atom. The Hall–Kier alpha value is -0.0800. The minimum absolute atomic E-state index is 0.394. The van der Waals surface area contributed by atoms with E-state index in [0.717, 1.165) is 19.6 Å². The predicted octanol–water partition coefficient (Wildman–Crippen LogP) is 6.19. The van der Waals surface area contributed by atoms with Gasteiger partial charge in [-0.05, 0) is 51.4 Å². The van der Waals surface area contributed by atoms with Crippen molar-refractivity contribution in [3.63, 3.8) is 0 Å². The quantitative estimate of drug-likeness (QED) is 0.316. The Morgan fingerprint density at radius 3 is 2.14 bits per heavy atom. The molecule has 2 heteroatoms. The highest BCUT2D eigenvalue weighted by molar-refractivity contribution is 4.76. The van der Waals surface area contributed by atoms with E-state index in [1.54, 1.807) is 7.11 Å². The van der Waals surface area contributed by atoms with E-state index in [-0.39, 0.29) is 0 Å². The van der Waals surface area contributed by atoms with E-state index < -0.39 is 0 Å². The zero-order chi connectivity index (χ0) is 16.7. The maximum Gasteiger partial charge on any atom is 0.0543 e. The van der Waals surface area contributed by atoms with Gasteiger partial charge in [-0.15, -0.1) is 0 Å². The summed E-state index contributed by atoms with van der Waals surface area (Å²) in [6.45, 7) is 12.6. The minimum Gasteiger partial charge on any atom is -0.382 e. The normalized spacial score (nSPS) is 15.7. The number of methoxy groups -OCH3 is 1. The fourth-order valence-electron chi connectivity index (χ4n) is 2.92. The van der Waals surface area contributed by atoms with Crippen LogP contribution in [-0.2, 0) is 9.47 Å². The molecule has 1 radical (unpaired) electrons. The van der Waals surface area contributed by atoms with E-state index in [1.165, 1.54) is 64.2 Å². The molecule has 133 valence electrons. The molecule has 0 aliphatic carbocycles. The average Bonchev–Trinajstić information content (AvgIpc) is 2.53. The van der Waals surface area contributed by atoms with E-state index in [0.29, 0.717) is 11.5 Å². The van der Waals surface area contributed by atoms with Gasteiger partial charge in [-0.1, -0.05) is 52.4 Å². The first-order valence-corrected chi connectivity index (χ1v) is 9.47. The fourth-order valence-corrected chi connectivity index (χ4v) is 2.92. The first kappa shape index (κ1) is 21.9. The van der Waals surface area contributed by atoms with Gasteiger partial charge in [0.1, 0.15) is 0 Å². The molecule has 0 fully saturated rings. The number of unbranched alkanes of at least 4 members (excludes halogenated alkanes) is 5. The van der Waals surface area contributed by atoms with Crippen LogP contribution in [0.1, 0.15) is 91.4 Å². The van der Waals surface area contributed by atoms with Gasteiger partial charge in [0, 0.05) is 20.3 Å². The second-order valence-corrected chi connectivity index (χ2v) is 7.07. The van der Waals surface area contributed by atoms with Crippen LogP contribution in [0.4, 0.5) is 0 Å². The molecule has 0 saturated carbocycles. The minimum atomic E-state index is 0.394. The molecular weight excluding hydrogens is 272 g/mol. The van der Waals surface area contributed by atoms with Crippen LogP contribution < -0.4 is 0 Å². The van der Waals surface area contributed by atoms with Crippen molar-refractivity contribution in [3.05, 3.63) is 6.92 Å². The number of hydrogen-bond acceptors (Lipinski definition) is 2. The van der Waals surface area contributed by atoms with Crippen LogP contribution in [-0.4, -0.2) is 26.4 Å². The van der Waals surface area contributed by atoms with E-state index in [1.807, 2.05) is 0 Å². The second-order valence-electron chi connectivity index (χ2n) is 7.07. The van der Waals surface area contributed by atoms with E-state index >= 15 is 0 Å². The van der Waals surface area contributed by atoms with Gasteiger partial charge in [0.05, 0.1) is 6.10 Å². The van der Waals surface area contributed by atoms with Gasteiger partial charge in [0.25, 0.3) is 0 Å². The third-order valence-electron chi connectivity index (χ3n) is 4.92. The topological polar surface area (TPSA) is 18.5 Å². The molecule has 0 rings (SSSR count). The fraction of sp³-hybridized carbons (Fsp3) is 0.950. The average molecular weight is 314 g/mol. The molecule has 0 aromatic heterocycles. The second kappa shape index (κ2) is 14.5. The summed E-state index contributed by atoms with van der Waals surface area (Å²) in [5.74, 6) is 0. The highest BCUT2D eigenvalue weighted by atomic mass is 16.5. The summed E-state index contributed by atoms with van der Waals surface area (Å²) in [6, 6.07) is 0. The number of ether oxygens (including phenoxy) is 2. The van der Waals surface area contributed by atoms with Gasteiger partial charge in [-0.2, -0.15) is 0 Å². The summed E-state index contributed by atoms with van der Waals surface area (Å²) < 4.78 is 10.7. The molecule has 2 unspecified atom stereocenters. The van der Waals surface area contributed by atoms with Gasteiger partial charge in [-0.25, -0.2) is 0 Å². The molecule has 0 aliphatic heterocycles. The van der Waals surface area contributed by atoms with Crippen LogP contribution in [0.2, 0.25) is 0 Å². The first-order chi connectivity index (χ1) is 10.6. The summed E-state index contributed by atoms with van der Waals surface area (Å²) in [4.78, 5) is 0. The lowest BCUT2D eigenvalue weighted by Crippen LogP contribution is -2.16. The monoisotopic (exact) mass is 313 g/mol. The van der Waals surface area contributed by atoms with Crippen LogP contribution in [0.3, 0.4) is 0 Å². The van der Waals surface area contributed by atoms with E-state index in [4.69, 9.17) is 9.47 Å². The Balaban J connectivity index is 3.58. The zero-order valence-electron chi connectivity index (χ0n) is 15.8. The molecular formula is C20H41O2. The smallest absolute Gasteiger partial charge is 0.0543 e. The largest absolute Gasteiger partial charge is 0.382 e. The van der Waals surface area contributed by atoms with Crippen LogP contribution in [0.5, 0.6) is 0 Å². The van der Waals surface area contributed by atoms with Crippen LogP contribution in [0.15, 0.2) is 0 Å². The van der Waals surface area contributed by atoms with Crippen molar-refractivity contribution in [2.75, 3.05) is 20.3 Å². The number of rotatable bonds is 16. The Labute approximate surface area is 140 Å². The molecule has 22 heavy (non-hydrogen) atoms. The SMILES string of the molecule is [CH2]CC(C)(CCCCCCCCOCC)CCCC(C)OC. The van der Waals surface area contributed by atoms with Crippen molar-refractivity contribution in [2.45, 2.75) is 97.5 Å². The zero-order valence-corrected chi connectivity index (χ0v) is 15.8. The highest BCUT2D eigenvalue weighted by Gasteiger charge is 2.21. The van der Waals surface area contributed by atoms with Crippen molar-refractivity contribution in [1.29, 1.82) is 0 Å². The van der Waals surface area contributed by atoms with E-state index in [2.05, 4.69) is 27.7 Å². The third kappa shape index (κ3) is 12.5. The maximum absolute atomic E-state index is 5.37. The molecule has 0 heterocycles. The summed E-state index contributed by atoms with van der Waals surface area (Å²) in [5, 5.41) is 0. The van der Waals surface area contributed by atoms with E-state index in [9.17, 15) is 0 Å². The van der Waals surface area contributed by atoms with Gasteiger partial charge in [0.15, 0.2) is 0 Å². The molecule has 0 N–H and O–H groups in total. The van der Waals surface area contributed by atoms with Crippen molar-refractivity contribution in [1.82, 2.24) is 0 Å². The number of hydrogen-bond donors (Lipinski definition) is 0. The standard InChI is InChI=1S/C20H41O2/c1-6-20(4,17-14-15-19(3)21-5)16-12-10-8-9-11-13-18-22-7-2/h19H,1,6-18H2,2-5H3. The lowest BCUT2D eigenvalue weighted by Gasteiger charge is -2.29. The van der Waals surface area contributed by atoms with Crippen LogP contribution in [0.25, 0.3) is 0 Å². The van der Waals surface area contributed by atoms with Crippen molar-refractivity contribution in [2.24, 2.45) is 5.41 Å². The molecule has 0 saturated heterocycles. The first-order valence-electron chi connectivity index (χ1n) is 9.47. The summed E-state index contributed by atoms with van der Waals surface area (Å²) in [6.07, 6.45) is 14.5. The predicted molar refractivity (Wildman–Crippen MR) is 97.2 cm³/mol. The van der Waals surface area contributed by atoms with Crippen molar-refractivity contribution in [3.8, 4) is 0 Å². The van der Waals surface area contributed by atoms with Crippen molar-refractivity contribution < 1.29 is 9.47 Å². The molecule has 0 amide bonds. The lowest BCUT2D eigenvalue weighted by molar-refractivity contribution is 0.103. The highest BCUT2D eigenvalue weighted by Crippen LogP contribution is 2.34. The molecule has 0 bridgehead atoms. The van der Waals surface area contributed by atoms with Crippen molar-refractivity contribution >= 4 is 0 Å². The van der Waals surface area contributed by atoms with Gasteiger partial charge < -0.3 is 9.47 Å². The molecule has 0 aliphatic rings. The summed E-state index contributed by atoms with van der Waals surface area (Å²) >= 11 is 0. The van der Waals surface area contributed by atoms with Crippen LogP contribution >= 0.6 is 0 Å². The van der Waals surface area contributed by atoms with Gasteiger partial charge in [-0.3, -0.25) is 0 Å². The maximum atomic E-state index is 5.37. The molecule has 2 nitrogen and oxygen atoms in total. The lowest BCUT2D eigenvalue weighted by atomic mass is 9.77. The summed E-state index contributed by atoms with van der Waals surface area (Å²) in [7, 11) is 1.81. The molecule has 0 aromatic carbocycles. The molecule has 2 atom stereocenters. The third-order valence-corrected chi connectivity index (χ3v) is 4.92. The Morgan fingerprint density at radius 1 is 0.955 bits per heavy atom. The molecule has 0 aromatic rings. The van der Waals surface area contributed by atoms with Gasteiger partial charge >= 0.3 is 0 Å². The van der Waals surface area contributed by atoms with Gasteiger partial charge in [0.2, 0.25) is 0 Å². The summed E-state index contributed by atoms with van der Waals surface area (Å²) in [5.41, 5.74) is 0.433. The Kier molecular flexibility index (Phi) is 14.5. The Bertz CT molecular complexity index is 230.